The predicted molar refractivity (Wildman–Crippen MR) is 153 cm³/mol. The lowest BCUT2D eigenvalue weighted by atomic mass is 9.85. The van der Waals surface area contributed by atoms with Crippen molar-refractivity contribution in [1.29, 1.82) is 0 Å². The van der Waals surface area contributed by atoms with Crippen molar-refractivity contribution in [1.82, 2.24) is 9.80 Å². The lowest BCUT2D eigenvalue weighted by molar-refractivity contribution is -0.152. The number of hydrogen-bond donors (Lipinski definition) is 1. The minimum Gasteiger partial charge on any atom is -0.497 e. The number of urea groups is 1. The van der Waals surface area contributed by atoms with Crippen molar-refractivity contribution in [3.8, 4) is 11.5 Å². The number of rotatable bonds is 10. The number of aliphatic carboxylic acids is 1. The molecule has 4 rings (SSSR count). The molecular formula is C30H38ClN3O6. The van der Waals surface area contributed by atoms with Gasteiger partial charge in [-0.15, -0.1) is 0 Å². The number of carboxylic acids is 1. The number of benzene rings is 2. The molecule has 0 aromatic heterocycles. The summed E-state index contributed by atoms with van der Waals surface area (Å²) in [6.45, 7) is 8.84. The first kappa shape index (κ1) is 29.5. The minimum absolute atomic E-state index is 0.121. The zero-order valence-electron chi connectivity index (χ0n) is 23.8. The third-order valence-corrected chi connectivity index (χ3v) is 8.02. The highest BCUT2D eigenvalue weighted by Crippen LogP contribution is 2.40. The van der Waals surface area contributed by atoms with Gasteiger partial charge in [-0.05, 0) is 68.9 Å². The number of carboxylic acid groups (broad SMARTS) is 1. The van der Waals surface area contributed by atoms with Gasteiger partial charge in [0.05, 0.1) is 12.1 Å². The smallest absolute Gasteiger partial charge is 0.347 e. The topological polar surface area (TPSA) is 99.6 Å². The van der Waals surface area contributed by atoms with Crippen molar-refractivity contribution >= 4 is 35.2 Å². The fourth-order valence-electron chi connectivity index (χ4n) is 5.36. The highest BCUT2D eigenvalue weighted by Gasteiger charge is 2.57. The molecule has 0 saturated carbocycles. The van der Waals surface area contributed by atoms with E-state index in [1.165, 1.54) is 18.7 Å². The van der Waals surface area contributed by atoms with Gasteiger partial charge in [0.1, 0.15) is 17.0 Å². The lowest BCUT2D eigenvalue weighted by Crippen LogP contribution is -2.57. The Kier molecular flexibility index (Phi) is 8.54. The Morgan fingerprint density at radius 3 is 2.33 bits per heavy atom. The number of piperidine rings is 1. The van der Waals surface area contributed by atoms with Crippen molar-refractivity contribution in [2.24, 2.45) is 5.92 Å². The number of carbonyl (C=O) groups excluding carboxylic acids is 2. The van der Waals surface area contributed by atoms with Gasteiger partial charge in [-0.25, -0.2) is 9.59 Å². The van der Waals surface area contributed by atoms with Crippen LogP contribution in [0.5, 0.6) is 11.5 Å². The predicted octanol–water partition coefficient (Wildman–Crippen LogP) is 5.09. The van der Waals surface area contributed by atoms with Gasteiger partial charge >= 0.3 is 12.0 Å². The monoisotopic (exact) mass is 571 g/mol. The fourth-order valence-corrected chi connectivity index (χ4v) is 5.51. The van der Waals surface area contributed by atoms with Crippen LogP contribution in [0.25, 0.3) is 0 Å². The number of halogens is 1. The van der Waals surface area contributed by atoms with E-state index in [-0.39, 0.29) is 23.6 Å². The Morgan fingerprint density at radius 2 is 1.75 bits per heavy atom. The third kappa shape index (κ3) is 5.84. The first-order valence-electron chi connectivity index (χ1n) is 13.6. The van der Waals surface area contributed by atoms with E-state index < -0.39 is 17.1 Å². The van der Waals surface area contributed by atoms with E-state index >= 15 is 0 Å². The molecule has 2 heterocycles. The number of nitrogens with zero attached hydrogens (tertiary/aromatic N) is 3. The zero-order valence-corrected chi connectivity index (χ0v) is 24.5. The molecule has 2 aliphatic heterocycles. The Bertz CT molecular complexity index is 1250. The maximum absolute atomic E-state index is 13.8. The van der Waals surface area contributed by atoms with Gasteiger partial charge in [-0.3, -0.25) is 9.69 Å². The molecular weight excluding hydrogens is 534 g/mol. The van der Waals surface area contributed by atoms with Crippen LogP contribution >= 0.6 is 11.6 Å². The molecule has 2 fully saturated rings. The van der Waals surface area contributed by atoms with Crippen molar-refractivity contribution in [2.45, 2.75) is 58.1 Å². The Morgan fingerprint density at radius 1 is 1.10 bits per heavy atom. The van der Waals surface area contributed by atoms with Crippen LogP contribution in [0.2, 0.25) is 5.02 Å². The molecule has 0 unspecified atom stereocenters. The van der Waals surface area contributed by atoms with Gasteiger partial charge in [0.2, 0.25) is 0 Å². The summed E-state index contributed by atoms with van der Waals surface area (Å²) >= 11 is 6.32. The second-order valence-corrected chi connectivity index (χ2v) is 11.8. The molecule has 10 heteroatoms. The van der Waals surface area contributed by atoms with Gasteiger partial charge < -0.3 is 24.4 Å². The fraction of sp³-hybridized carbons (Fsp3) is 0.500. The molecule has 2 aliphatic rings. The summed E-state index contributed by atoms with van der Waals surface area (Å²) in [6.07, 6.45) is 1.59. The first-order valence-corrected chi connectivity index (χ1v) is 14.0. The number of methoxy groups -OCH3 is 1. The highest BCUT2D eigenvalue weighted by molar-refractivity contribution is 6.32. The molecule has 9 nitrogen and oxygen atoms in total. The van der Waals surface area contributed by atoms with Gasteiger partial charge in [0.15, 0.2) is 5.60 Å². The summed E-state index contributed by atoms with van der Waals surface area (Å²) in [5, 5.41) is 9.78. The van der Waals surface area contributed by atoms with Crippen LogP contribution in [0.1, 0.15) is 46.1 Å². The minimum atomic E-state index is -1.45. The van der Waals surface area contributed by atoms with Crippen molar-refractivity contribution in [3.05, 3.63) is 53.1 Å². The Balaban J connectivity index is 1.54. The summed E-state index contributed by atoms with van der Waals surface area (Å²) < 4.78 is 11.0. The average Bonchev–Trinajstić information content (AvgIpc) is 3.09. The van der Waals surface area contributed by atoms with E-state index in [4.69, 9.17) is 21.1 Å². The number of carbonyl (C=O) groups is 3. The Labute approximate surface area is 240 Å². The van der Waals surface area contributed by atoms with Crippen molar-refractivity contribution in [3.63, 3.8) is 0 Å². The van der Waals surface area contributed by atoms with Crippen LogP contribution in [-0.2, 0) is 16.0 Å². The number of amides is 3. The van der Waals surface area contributed by atoms with Crippen LogP contribution in [0.4, 0.5) is 10.5 Å². The third-order valence-electron chi connectivity index (χ3n) is 7.70. The molecule has 3 amide bonds. The first-order chi connectivity index (χ1) is 18.9. The molecule has 1 spiro atoms. The normalized spacial score (nSPS) is 17.2. The summed E-state index contributed by atoms with van der Waals surface area (Å²) in [5.74, 6) is -0.00868. The van der Waals surface area contributed by atoms with E-state index in [0.29, 0.717) is 50.5 Å². The van der Waals surface area contributed by atoms with Gasteiger partial charge in [-0.1, -0.05) is 37.6 Å². The molecule has 0 aliphatic carbocycles. The van der Waals surface area contributed by atoms with Crippen LogP contribution < -0.4 is 14.4 Å². The number of ether oxygens (including phenoxy) is 2. The maximum Gasteiger partial charge on any atom is 0.347 e. The van der Waals surface area contributed by atoms with Crippen LogP contribution in [0.15, 0.2) is 42.5 Å². The number of imide groups is 1. The number of hydrogen-bond acceptors (Lipinski definition) is 6. The lowest BCUT2D eigenvalue weighted by Gasteiger charge is -2.43. The van der Waals surface area contributed by atoms with Gasteiger partial charge in [0.25, 0.3) is 5.91 Å². The zero-order chi connectivity index (χ0) is 29.2. The van der Waals surface area contributed by atoms with Crippen LogP contribution in [0, 0.1) is 5.92 Å². The van der Waals surface area contributed by atoms with Crippen LogP contribution in [-0.4, -0.2) is 77.2 Å². The summed E-state index contributed by atoms with van der Waals surface area (Å²) in [6, 6.07) is 12.8. The summed E-state index contributed by atoms with van der Waals surface area (Å²) in [7, 11) is 1.62. The summed E-state index contributed by atoms with van der Waals surface area (Å²) in [4.78, 5) is 44.3. The molecule has 40 heavy (non-hydrogen) atoms. The summed E-state index contributed by atoms with van der Waals surface area (Å²) in [5.41, 5.74) is -0.467. The molecule has 0 bridgehead atoms. The van der Waals surface area contributed by atoms with Crippen LogP contribution in [0.3, 0.4) is 0 Å². The quantitative estimate of drug-likeness (QED) is 0.396. The highest BCUT2D eigenvalue weighted by atomic mass is 35.5. The van der Waals surface area contributed by atoms with E-state index in [9.17, 15) is 19.5 Å². The van der Waals surface area contributed by atoms with E-state index in [1.807, 2.05) is 44.2 Å². The van der Waals surface area contributed by atoms with E-state index in [0.717, 1.165) is 17.0 Å². The van der Waals surface area contributed by atoms with Crippen molar-refractivity contribution < 1.29 is 29.0 Å². The molecule has 216 valence electrons. The Hall–Kier alpha value is -3.46. The molecule has 0 radical (unpaired) electrons. The molecule has 0 atom stereocenters. The largest absolute Gasteiger partial charge is 0.497 e. The number of anilines is 1. The van der Waals surface area contributed by atoms with Gasteiger partial charge in [0, 0.05) is 37.9 Å². The SMILES string of the molecule is COc1ccc(CCN2C(=O)N(CC(C)C)C(=O)C23CCN(c2ccc(Cl)c(OC(C)(C)C(=O)O)c2)CC3)cc1. The molecule has 2 aromatic carbocycles. The van der Waals surface area contributed by atoms with Gasteiger partial charge in [-0.2, -0.15) is 0 Å². The standard InChI is InChI=1S/C30H38ClN3O6/c1-20(2)19-33-26(35)30(34(28(33)38)15-12-21-6-9-23(39-5)10-7-21)13-16-32(17-14-30)22-8-11-24(31)25(18-22)40-29(3,4)27(36)37/h6-11,18,20H,12-17,19H2,1-5H3,(H,36,37). The van der Waals surface area contributed by atoms with Crippen molar-refractivity contribution in [2.75, 3.05) is 38.2 Å². The molecule has 1 N–H and O–H groups in total. The maximum atomic E-state index is 13.8. The van der Waals surface area contributed by atoms with E-state index in [2.05, 4.69) is 4.90 Å². The second-order valence-electron chi connectivity index (χ2n) is 11.4. The molecule has 2 saturated heterocycles. The molecule has 2 aromatic rings. The second kappa shape index (κ2) is 11.6. The average molecular weight is 572 g/mol. The van der Waals surface area contributed by atoms with E-state index in [1.54, 1.807) is 24.1 Å².